The fourth-order valence-electron chi connectivity index (χ4n) is 3.58. The van der Waals surface area contributed by atoms with Gasteiger partial charge in [0.25, 0.3) is 5.91 Å². The number of likely N-dealkylation sites (tertiary alicyclic amines) is 1. The van der Waals surface area contributed by atoms with Crippen molar-refractivity contribution in [3.63, 3.8) is 0 Å². The maximum atomic E-state index is 13.8. The molecule has 8 nitrogen and oxygen atoms in total. The summed E-state index contributed by atoms with van der Waals surface area (Å²) in [7, 11) is 1.95. The lowest BCUT2D eigenvalue weighted by molar-refractivity contribution is 0.0710. The van der Waals surface area contributed by atoms with Gasteiger partial charge in [0.2, 0.25) is 0 Å². The molecule has 28 heavy (non-hydrogen) atoms. The molecule has 0 aliphatic carbocycles. The zero-order valence-corrected chi connectivity index (χ0v) is 15.9. The van der Waals surface area contributed by atoms with E-state index in [1.165, 1.54) is 12.4 Å². The number of hydrogen-bond donors (Lipinski definition) is 0. The van der Waals surface area contributed by atoms with Gasteiger partial charge in [-0.25, -0.2) is 14.1 Å². The fourth-order valence-corrected chi connectivity index (χ4v) is 3.58. The zero-order chi connectivity index (χ0) is 19.7. The zero-order valence-electron chi connectivity index (χ0n) is 15.9. The summed E-state index contributed by atoms with van der Waals surface area (Å²) in [6.07, 6.45) is 4.74. The molecular weight excluding hydrogens is 361 g/mol. The van der Waals surface area contributed by atoms with Crippen molar-refractivity contribution in [1.29, 1.82) is 0 Å². The van der Waals surface area contributed by atoms with Gasteiger partial charge in [0.1, 0.15) is 30.8 Å². The fraction of sp³-hybridized carbons (Fsp3) is 0.421. The summed E-state index contributed by atoms with van der Waals surface area (Å²) in [6, 6.07) is 4.65. The molecule has 146 valence electrons. The molecule has 0 bridgehead atoms. The minimum Gasteiger partial charge on any atom is -0.339 e. The first-order chi connectivity index (χ1) is 13.5. The second-order valence-electron chi connectivity index (χ2n) is 7.16. The van der Waals surface area contributed by atoms with Crippen molar-refractivity contribution in [3.8, 4) is 0 Å². The first-order valence-electron chi connectivity index (χ1n) is 9.29. The molecule has 1 aliphatic heterocycles. The number of rotatable bonds is 4. The Morgan fingerprint density at radius 3 is 2.71 bits per heavy atom. The molecule has 2 aromatic heterocycles. The third-order valence-corrected chi connectivity index (χ3v) is 5.33. The highest BCUT2D eigenvalue weighted by molar-refractivity contribution is 5.94. The van der Waals surface area contributed by atoms with Gasteiger partial charge in [-0.1, -0.05) is 6.07 Å². The molecule has 9 heteroatoms. The average Bonchev–Trinajstić information content (AvgIpc) is 3.34. The Kier molecular flexibility index (Phi) is 4.89. The van der Waals surface area contributed by atoms with Gasteiger partial charge in [-0.3, -0.25) is 4.79 Å². The Labute approximate surface area is 162 Å². The second kappa shape index (κ2) is 7.49. The van der Waals surface area contributed by atoms with Gasteiger partial charge in [0.05, 0.1) is 0 Å². The summed E-state index contributed by atoms with van der Waals surface area (Å²) >= 11 is 0. The van der Waals surface area contributed by atoms with Crippen molar-refractivity contribution in [2.75, 3.05) is 13.1 Å². The highest BCUT2D eigenvalue weighted by Crippen LogP contribution is 2.28. The van der Waals surface area contributed by atoms with E-state index in [1.54, 1.807) is 35.0 Å². The average molecular weight is 383 g/mol. The van der Waals surface area contributed by atoms with Crippen LogP contribution in [0.25, 0.3) is 0 Å². The third-order valence-electron chi connectivity index (χ3n) is 5.33. The molecule has 1 aliphatic rings. The Bertz CT molecular complexity index is 974. The molecule has 0 unspecified atom stereocenters. The van der Waals surface area contributed by atoms with Crippen LogP contribution in [0.5, 0.6) is 0 Å². The number of aryl methyl sites for hydroxylation is 1. The van der Waals surface area contributed by atoms with Crippen molar-refractivity contribution in [2.45, 2.75) is 32.2 Å². The summed E-state index contributed by atoms with van der Waals surface area (Å²) in [4.78, 5) is 18.4. The molecule has 1 aromatic carbocycles. The molecule has 0 spiro atoms. The SMILES string of the molecule is Cc1ccc(C(=O)N2CCC(c3nnc(Cn4cncn4)n3C)CC2)cc1F. The number of carbonyl (C=O) groups excluding carboxylic acids is 1. The van der Waals surface area contributed by atoms with Gasteiger partial charge in [0, 0.05) is 31.6 Å². The molecule has 0 atom stereocenters. The number of piperidine rings is 1. The third kappa shape index (κ3) is 3.51. The van der Waals surface area contributed by atoms with E-state index >= 15 is 0 Å². The van der Waals surface area contributed by atoms with E-state index in [4.69, 9.17) is 0 Å². The lowest BCUT2D eigenvalue weighted by atomic mass is 9.95. The van der Waals surface area contributed by atoms with Gasteiger partial charge < -0.3 is 9.47 Å². The Morgan fingerprint density at radius 2 is 2.04 bits per heavy atom. The molecular formula is C19H22FN7O. The quantitative estimate of drug-likeness (QED) is 0.688. The first-order valence-corrected chi connectivity index (χ1v) is 9.29. The van der Waals surface area contributed by atoms with E-state index < -0.39 is 0 Å². The van der Waals surface area contributed by atoms with Crippen molar-refractivity contribution in [3.05, 3.63) is 59.4 Å². The molecule has 3 aromatic rings. The summed E-state index contributed by atoms with van der Waals surface area (Å²) in [6.45, 7) is 3.43. The van der Waals surface area contributed by atoms with Crippen LogP contribution in [0.2, 0.25) is 0 Å². The van der Waals surface area contributed by atoms with Gasteiger partial charge in [-0.2, -0.15) is 5.10 Å². The van der Waals surface area contributed by atoms with E-state index in [1.807, 2.05) is 11.6 Å². The second-order valence-corrected chi connectivity index (χ2v) is 7.16. The van der Waals surface area contributed by atoms with Gasteiger partial charge in [-0.15, -0.1) is 10.2 Å². The van der Waals surface area contributed by atoms with Crippen LogP contribution >= 0.6 is 0 Å². The predicted molar refractivity (Wildman–Crippen MR) is 99.1 cm³/mol. The number of carbonyl (C=O) groups is 1. The Morgan fingerprint density at radius 1 is 1.25 bits per heavy atom. The number of aromatic nitrogens is 6. The predicted octanol–water partition coefficient (Wildman–Crippen LogP) is 1.92. The molecule has 1 saturated heterocycles. The number of hydrogen-bond acceptors (Lipinski definition) is 5. The monoisotopic (exact) mass is 383 g/mol. The van der Waals surface area contributed by atoms with Crippen LogP contribution in [0, 0.1) is 12.7 Å². The van der Waals surface area contributed by atoms with Crippen LogP contribution in [-0.2, 0) is 13.6 Å². The lowest BCUT2D eigenvalue weighted by Crippen LogP contribution is -2.38. The lowest BCUT2D eigenvalue weighted by Gasteiger charge is -2.31. The molecule has 1 amide bonds. The summed E-state index contributed by atoms with van der Waals surface area (Å²) < 4.78 is 17.5. The van der Waals surface area contributed by atoms with Gasteiger partial charge in [-0.05, 0) is 37.5 Å². The number of amides is 1. The number of halogens is 1. The largest absolute Gasteiger partial charge is 0.339 e. The van der Waals surface area contributed by atoms with Crippen molar-refractivity contribution in [1.82, 2.24) is 34.4 Å². The van der Waals surface area contributed by atoms with E-state index in [0.29, 0.717) is 30.8 Å². The summed E-state index contributed by atoms with van der Waals surface area (Å²) in [5.41, 5.74) is 0.939. The molecule has 3 heterocycles. The normalized spacial score (nSPS) is 15.2. The van der Waals surface area contributed by atoms with Crippen molar-refractivity contribution < 1.29 is 9.18 Å². The maximum absolute atomic E-state index is 13.8. The van der Waals surface area contributed by atoms with Gasteiger partial charge >= 0.3 is 0 Å². The molecule has 0 saturated carbocycles. The van der Waals surface area contributed by atoms with Crippen LogP contribution in [0.4, 0.5) is 4.39 Å². The molecule has 0 N–H and O–H groups in total. The topological polar surface area (TPSA) is 81.7 Å². The van der Waals surface area contributed by atoms with Crippen LogP contribution in [0.1, 0.15) is 46.3 Å². The number of benzene rings is 1. The van der Waals surface area contributed by atoms with Crippen LogP contribution in [0.15, 0.2) is 30.9 Å². The van der Waals surface area contributed by atoms with Crippen LogP contribution < -0.4 is 0 Å². The smallest absolute Gasteiger partial charge is 0.253 e. The van der Waals surface area contributed by atoms with Gasteiger partial charge in [0.15, 0.2) is 5.82 Å². The van der Waals surface area contributed by atoms with Crippen LogP contribution in [-0.4, -0.2) is 53.4 Å². The Balaban J connectivity index is 1.41. The van der Waals surface area contributed by atoms with E-state index in [-0.39, 0.29) is 17.6 Å². The van der Waals surface area contributed by atoms with Crippen molar-refractivity contribution >= 4 is 5.91 Å². The highest BCUT2D eigenvalue weighted by Gasteiger charge is 2.28. The first kappa shape index (κ1) is 18.3. The maximum Gasteiger partial charge on any atom is 0.253 e. The van der Waals surface area contributed by atoms with E-state index in [9.17, 15) is 9.18 Å². The Hall–Kier alpha value is -3.10. The minimum atomic E-state index is -0.347. The minimum absolute atomic E-state index is 0.123. The van der Waals surface area contributed by atoms with Crippen LogP contribution in [0.3, 0.4) is 0 Å². The highest BCUT2D eigenvalue weighted by atomic mass is 19.1. The standard InChI is InChI=1S/C19H22FN7O/c1-13-3-4-15(9-16(13)20)19(28)26-7-5-14(6-8-26)18-24-23-17(25(18)2)10-27-12-21-11-22-27/h3-4,9,11-12,14H,5-8,10H2,1-2H3. The van der Waals surface area contributed by atoms with E-state index in [2.05, 4.69) is 20.3 Å². The molecule has 4 rings (SSSR count). The molecule has 1 fully saturated rings. The van der Waals surface area contributed by atoms with Crippen molar-refractivity contribution in [2.24, 2.45) is 7.05 Å². The molecule has 0 radical (unpaired) electrons. The number of nitrogens with zero attached hydrogens (tertiary/aromatic N) is 7. The summed E-state index contributed by atoms with van der Waals surface area (Å²) in [5.74, 6) is 1.50. The summed E-state index contributed by atoms with van der Waals surface area (Å²) in [5, 5.41) is 12.8. The van der Waals surface area contributed by atoms with E-state index in [0.717, 1.165) is 24.5 Å².